The number of aryl methyl sites for hydroxylation is 2. The van der Waals surface area contributed by atoms with Crippen molar-refractivity contribution in [3.05, 3.63) is 158 Å². The number of hydrogen-bond donors (Lipinski definition) is 0. The minimum absolute atomic E-state index is 0.0397. The molecule has 344 valence electrons. The molecule has 0 amide bonds. The van der Waals surface area contributed by atoms with Crippen LogP contribution >= 0.6 is 0 Å². The second kappa shape index (κ2) is 13.8. The summed E-state index contributed by atoms with van der Waals surface area (Å²) in [6, 6.07) is 39.3. The van der Waals surface area contributed by atoms with Gasteiger partial charge in [0.1, 0.15) is 0 Å². The number of benzene rings is 6. The van der Waals surface area contributed by atoms with Crippen LogP contribution in [0.1, 0.15) is 184 Å². The molecule has 0 N–H and O–H groups in total. The van der Waals surface area contributed by atoms with E-state index >= 15 is 0 Å². The molecule has 5 aliphatic rings. The summed E-state index contributed by atoms with van der Waals surface area (Å²) in [6.45, 7) is 41.7. The van der Waals surface area contributed by atoms with Gasteiger partial charge >= 0.3 is 0 Å². The SMILES string of the molecule is Cc1cc2c3c(c1)N(c1ccc4c(c1C)C(C)(C)CC4(C)C)c1cc4c(cc1B3c1cc(C(C)(C)c3ccccc3)ccc1N2c1cc2c(cc1C)C(C)(C)CCC2(C)C)C(C)(C)CC4(C)C. The fraction of sp³-hybridized carbons (Fsp3) is 0.438. The van der Waals surface area contributed by atoms with E-state index in [0.29, 0.717) is 0 Å². The lowest BCUT2D eigenvalue weighted by Gasteiger charge is -2.47. The van der Waals surface area contributed by atoms with Crippen molar-refractivity contribution in [1.82, 2.24) is 0 Å². The van der Waals surface area contributed by atoms with Crippen LogP contribution < -0.4 is 26.2 Å². The zero-order chi connectivity index (χ0) is 47.9. The standard InChI is InChI=1S/C64H75BN2/c1-38-29-54-57-55(30-38)67(52-34-46-44(31-39(52)2)58(4,5)27-28-59(46,6)7)51-25-23-42(64(16,17)41-21-19-18-20-22-41)32-48(51)65(57)49-33-45-47(62(12,13)36-61(45,10)11)35-53(49)66(54)50-26-24-43-56(40(50)3)63(14,15)37-60(43,8)9/h18-26,29-35H,27-28,36-37H2,1-17H3. The van der Waals surface area contributed by atoms with Crippen LogP contribution in [0.15, 0.2) is 97.1 Å². The zero-order valence-corrected chi connectivity index (χ0v) is 44.0. The molecule has 6 aromatic rings. The molecule has 2 heterocycles. The van der Waals surface area contributed by atoms with Gasteiger partial charge in [-0.1, -0.05) is 158 Å². The van der Waals surface area contributed by atoms with Crippen molar-refractivity contribution in [2.45, 2.75) is 181 Å². The van der Waals surface area contributed by atoms with Crippen LogP contribution in [-0.2, 0) is 37.9 Å². The Morgan fingerprint density at radius 3 is 1.58 bits per heavy atom. The van der Waals surface area contributed by atoms with Gasteiger partial charge in [-0.15, -0.1) is 0 Å². The highest BCUT2D eigenvalue weighted by Gasteiger charge is 2.50. The van der Waals surface area contributed by atoms with Gasteiger partial charge in [-0.25, -0.2) is 0 Å². The van der Waals surface area contributed by atoms with Gasteiger partial charge in [-0.05, 0) is 193 Å². The van der Waals surface area contributed by atoms with E-state index in [9.17, 15) is 0 Å². The molecule has 0 atom stereocenters. The molecule has 0 aromatic heterocycles. The van der Waals surface area contributed by atoms with Crippen molar-refractivity contribution in [3.8, 4) is 0 Å². The van der Waals surface area contributed by atoms with Crippen LogP contribution in [-0.4, -0.2) is 6.71 Å². The molecular weight excluding hydrogens is 808 g/mol. The first kappa shape index (κ1) is 44.5. The topological polar surface area (TPSA) is 6.48 Å². The van der Waals surface area contributed by atoms with Crippen molar-refractivity contribution in [1.29, 1.82) is 0 Å². The maximum Gasteiger partial charge on any atom is 0.252 e. The second-order valence-electron chi connectivity index (χ2n) is 26.5. The molecule has 0 saturated carbocycles. The summed E-state index contributed by atoms with van der Waals surface area (Å²) in [5.41, 5.74) is 28.3. The highest BCUT2D eigenvalue weighted by molar-refractivity contribution is 7.00. The molecule has 3 heteroatoms. The second-order valence-corrected chi connectivity index (χ2v) is 26.5. The van der Waals surface area contributed by atoms with E-state index in [1.807, 2.05) is 0 Å². The minimum Gasteiger partial charge on any atom is -0.311 e. The smallest absolute Gasteiger partial charge is 0.252 e. The Balaban J connectivity index is 1.27. The number of rotatable bonds is 4. The third kappa shape index (κ3) is 6.27. The fourth-order valence-electron chi connectivity index (χ4n) is 15.1. The molecule has 6 aromatic carbocycles. The number of anilines is 6. The van der Waals surface area contributed by atoms with Gasteiger partial charge in [-0.3, -0.25) is 0 Å². The van der Waals surface area contributed by atoms with E-state index in [4.69, 9.17) is 0 Å². The number of fused-ring (bicyclic) bond motifs is 7. The van der Waals surface area contributed by atoms with Crippen molar-refractivity contribution in [2.75, 3.05) is 9.80 Å². The molecule has 67 heavy (non-hydrogen) atoms. The van der Waals surface area contributed by atoms with Gasteiger partial charge in [0.2, 0.25) is 0 Å². The predicted octanol–water partition coefficient (Wildman–Crippen LogP) is 15.3. The largest absolute Gasteiger partial charge is 0.311 e. The maximum absolute atomic E-state index is 2.74. The van der Waals surface area contributed by atoms with E-state index in [1.54, 1.807) is 0 Å². The van der Waals surface area contributed by atoms with Crippen molar-refractivity contribution >= 4 is 57.2 Å². The van der Waals surface area contributed by atoms with E-state index in [-0.39, 0.29) is 44.6 Å². The fourth-order valence-corrected chi connectivity index (χ4v) is 15.1. The summed E-state index contributed by atoms with van der Waals surface area (Å²) < 4.78 is 0. The van der Waals surface area contributed by atoms with Crippen molar-refractivity contribution in [3.63, 3.8) is 0 Å². The lowest BCUT2D eigenvalue weighted by atomic mass is 9.33. The maximum atomic E-state index is 2.74. The third-order valence-electron chi connectivity index (χ3n) is 18.3. The van der Waals surface area contributed by atoms with E-state index in [0.717, 1.165) is 12.8 Å². The Morgan fingerprint density at radius 1 is 0.433 bits per heavy atom. The average molecular weight is 883 g/mol. The first-order valence-electron chi connectivity index (χ1n) is 25.6. The Kier molecular flexibility index (Phi) is 9.18. The Labute approximate surface area is 404 Å². The minimum atomic E-state index is -0.204. The lowest BCUT2D eigenvalue weighted by Crippen LogP contribution is -2.62. The molecule has 3 aliphatic carbocycles. The molecule has 0 saturated heterocycles. The highest BCUT2D eigenvalue weighted by atomic mass is 15.2. The normalized spacial score (nSPS) is 20.4. The van der Waals surface area contributed by atoms with Gasteiger partial charge in [-0.2, -0.15) is 0 Å². The van der Waals surface area contributed by atoms with Crippen LogP contribution in [0.3, 0.4) is 0 Å². The Bertz CT molecular complexity index is 3100. The highest BCUT2D eigenvalue weighted by Crippen LogP contribution is 2.57. The molecular formula is C64H75BN2. The summed E-state index contributed by atoms with van der Waals surface area (Å²) in [5, 5.41) is 0. The van der Waals surface area contributed by atoms with Gasteiger partial charge in [0.05, 0.1) is 0 Å². The van der Waals surface area contributed by atoms with Crippen LogP contribution in [0, 0.1) is 20.8 Å². The quantitative estimate of drug-likeness (QED) is 0.163. The van der Waals surface area contributed by atoms with E-state index < -0.39 is 0 Å². The van der Waals surface area contributed by atoms with Crippen LogP contribution in [0.25, 0.3) is 0 Å². The van der Waals surface area contributed by atoms with Crippen molar-refractivity contribution < 1.29 is 0 Å². The first-order valence-corrected chi connectivity index (χ1v) is 25.6. The lowest BCUT2D eigenvalue weighted by molar-refractivity contribution is 0.332. The molecule has 2 aliphatic heterocycles. The third-order valence-corrected chi connectivity index (χ3v) is 18.3. The van der Waals surface area contributed by atoms with Crippen LogP contribution in [0.5, 0.6) is 0 Å². The van der Waals surface area contributed by atoms with Gasteiger partial charge < -0.3 is 9.80 Å². The summed E-state index contributed by atoms with van der Waals surface area (Å²) in [5.74, 6) is 0. The van der Waals surface area contributed by atoms with Gasteiger partial charge in [0.25, 0.3) is 6.71 Å². The molecule has 0 fully saturated rings. The molecule has 11 rings (SSSR count). The Morgan fingerprint density at radius 2 is 0.940 bits per heavy atom. The van der Waals surface area contributed by atoms with E-state index in [1.165, 1.54) is 125 Å². The summed E-state index contributed by atoms with van der Waals surface area (Å²) in [7, 11) is 0. The van der Waals surface area contributed by atoms with Crippen molar-refractivity contribution in [2.24, 2.45) is 0 Å². The number of nitrogens with zero attached hydrogens (tertiary/aromatic N) is 2. The van der Waals surface area contributed by atoms with Crippen LogP contribution in [0.2, 0.25) is 0 Å². The molecule has 0 unspecified atom stereocenters. The first-order chi connectivity index (χ1) is 31.2. The molecule has 2 nitrogen and oxygen atoms in total. The van der Waals surface area contributed by atoms with E-state index in [2.05, 4.69) is 225 Å². The monoisotopic (exact) mass is 883 g/mol. The van der Waals surface area contributed by atoms with Gasteiger partial charge in [0.15, 0.2) is 0 Å². The number of hydrogen-bond acceptors (Lipinski definition) is 2. The van der Waals surface area contributed by atoms with Gasteiger partial charge in [0, 0.05) is 39.5 Å². The Hall–Kier alpha value is -5.02. The molecule has 0 radical (unpaired) electrons. The molecule has 0 bridgehead atoms. The summed E-state index contributed by atoms with van der Waals surface area (Å²) in [4.78, 5) is 5.44. The zero-order valence-electron chi connectivity index (χ0n) is 44.0. The summed E-state index contributed by atoms with van der Waals surface area (Å²) >= 11 is 0. The predicted molar refractivity (Wildman–Crippen MR) is 290 cm³/mol. The summed E-state index contributed by atoms with van der Waals surface area (Å²) in [6.07, 6.45) is 4.67. The van der Waals surface area contributed by atoms with Crippen LogP contribution in [0.4, 0.5) is 34.1 Å². The average Bonchev–Trinajstić information content (AvgIpc) is 3.56. The molecule has 0 spiro atoms.